The van der Waals surface area contributed by atoms with Gasteiger partial charge in [-0.05, 0) is 18.9 Å². The highest BCUT2D eigenvalue weighted by atomic mass is 19.1. The molecule has 3 nitrogen and oxygen atoms in total. The Morgan fingerprint density at radius 3 is 2.62 bits per heavy atom. The molecule has 0 saturated heterocycles. The number of benzene rings is 1. The van der Waals surface area contributed by atoms with Gasteiger partial charge in [0.1, 0.15) is 11.4 Å². The van der Waals surface area contributed by atoms with Gasteiger partial charge in [0.15, 0.2) is 11.6 Å². The Hall–Kier alpha value is -1.74. The molecule has 0 spiro atoms. The minimum atomic E-state index is -0.837. The van der Waals surface area contributed by atoms with Crippen molar-refractivity contribution in [3.05, 3.63) is 29.3 Å². The molecule has 1 aliphatic rings. The maximum atomic E-state index is 13.4. The molecule has 84 valence electrons. The third-order valence-electron chi connectivity index (χ3n) is 2.70. The molecule has 0 unspecified atom stereocenters. The van der Waals surface area contributed by atoms with E-state index in [-0.39, 0.29) is 11.3 Å². The molecule has 0 atom stereocenters. The van der Waals surface area contributed by atoms with Crippen LogP contribution in [0.5, 0.6) is 5.75 Å². The first-order valence-corrected chi connectivity index (χ1v) is 4.75. The van der Waals surface area contributed by atoms with Gasteiger partial charge in [-0.3, -0.25) is 0 Å². The molecule has 0 heterocycles. The molecule has 1 aromatic carbocycles. The van der Waals surface area contributed by atoms with Crippen molar-refractivity contribution in [2.45, 2.75) is 18.4 Å². The van der Waals surface area contributed by atoms with Gasteiger partial charge in [0.05, 0.1) is 7.11 Å². The van der Waals surface area contributed by atoms with Crippen LogP contribution < -0.4 is 4.74 Å². The topological polar surface area (TPSA) is 38.7 Å². The smallest absolute Gasteiger partial charge is 0.235 e. The van der Waals surface area contributed by atoms with Crippen molar-refractivity contribution < 1.29 is 18.3 Å². The number of hydrogen-bond donors (Lipinski definition) is 0. The summed E-state index contributed by atoms with van der Waals surface area (Å²) in [4.78, 5) is 13.9. The fourth-order valence-electron chi connectivity index (χ4n) is 1.76. The summed E-state index contributed by atoms with van der Waals surface area (Å²) < 4.78 is 31.4. The third-order valence-corrected chi connectivity index (χ3v) is 2.70. The van der Waals surface area contributed by atoms with Crippen LogP contribution in [0, 0.1) is 11.6 Å². The van der Waals surface area contributed by atoms with Crippen LogP contribution in [0.15, 0.2) is 17.1 Å². The fraction of sp³-hybridized carbons (Fsp3) is 0.364. The maximum Gasteiger partial charge on any atom is 0.235 e. The Kier molecular flexibility index (Phi) is 2.48. The summed E-state index contributed by atoms with van der Waals surface area (Å²) in [5.74, 6) is -1.55. The van der Waals surface area contributed by atoms with Crippen LogP contribution in [0.1, 0.15) is 18.4 Å². The normalized spacial score (nSPS) is 16.4. The van der Waals surface area contributed by atoms with Crippen LogP contribution in [0.2, 0.25) is 0 Å². The number of ether oxygens (including phenoxy) is 1. The molecular weight excluding hydrogens is 216 g/mol. The van der Waals surface area contributed by atoms with Crippen LogP contribution >= 0.6 is 0 Å². The largest absolute Gasteiger partial charge is 0.493 e. The van der Waals surface area contributed by atoms with Crippen molar-refractivity contribution in [3.63, 3.8) is 0 Å². The van der Waals surface area contributed by atoms with Gasteiger partial charge >= 0.3 is 0 Å². The fourth-order valence-corrected chi connectivity index (χ4v) is 1.76. The second-order valence-corrected chi connectivity index (χ2v) is 3.70. The van der Waals surface area contributed by atoms with Gasteiger partial charge in [0.25, 0.3) is 0 Å². The molecule has 1 saturated carbocycles. The van der Waals surface area contributed by atoms with E-state index in [4.69, 9.17) is 4.74 Å². The van der Waals surface area contributed by atoms with Gasteiger partial charge in [-0.25, -0.2) is 13.6 Å². The van der Waals surface area contributed by atoms with Crippen LogP contribution in [0.25, 0.3) is 0 Å². The molecule has 0 N–H and O–H groups in total. The van der Waals surface area contributed by atoms with E-state index in [0.717, 1.165) is 12.1 Å². The molecular formula is C11H9F2NO2. The first kappa shape index (κ1) is 10.8. The first-order valence-electron chi connectivity index (χ1n) is 4.75. The number of isocyanates is 1. The number of hydrogen-bond acceptors (Lipinski definition) is 3. The second-order valence-electron chi connectivity index (χ2n) is 3.70. The maximum absolute atomic E-state index is 13.4. The van der Waals surface area contributed by atoms with Crippen molar-refractivity contribution in [2.24, 2.45) is 4.99 Å². The van der Waals surface area contributed by atoms with Gasteiger partial charge < -0.3 is 4.74 Å². The van der Waals surface area contributed by atoms with Crippen molar-refractivity contribution in [1.82, 2.24) is 0 Å². The van der Waals surface area contributed by atoms with Gasteiger partial charge in [-0.2, -0.15) is 4.99 Å². The average Bonchev–Trinajstić information content (AvgIpc) is 2.98. The van der Waals surface area contributed by atoms with Crippen molar-refractivity contribution >= 4 is 6.08 Å². The minimum Gasteiger partial charge on any atom is -0.493 e. The lowest BCUT2D eigenvalue weighted by atomic mass is 10.0. The standard InChI is InChI=1S/C11H9F2NO2/c1-16-10-8(4-7(12)5-9(10)13)11(2-3-11)14-6-15/h4-5H,2-3H2,1H3. The van der Waals surface area contributed by atoms with Gasteiger partial charge in [-0.1, -0.05) is 0 Å². The molecule has 0 aliphatic heterocycles. The highest BCUT2D eigenvalue weighted by Gasteiger charge is 2.47. The number of rotatable bonds is 3. The summed E-state index contributed by atoms with van der Waals surface area (Å²) in [6.45, 7) is 0. The van der Waals surface area contributed by atoms with E-state index in [9.17, 15) is 13.6 Å². The van der Waals surface area contributed by atoms with E-state index in [2.05, 4.69) is 4.99 Å². The van der Waals surface area contributed by atoms with E-state index in [1.54, 1.807) is 0 Å². The van der Waals surface area contributed by atoms with E-state index in [1.807, 2.05) is 0 Å². The molecule has 0 radical (unpaired) electrons. The lowest BCUT2D eigenvalue weighted by Gasteiger charge is -2.14. The predicted octanol–water partition coefficient (Wildman–Crippen LogP) is 2.30. The predicted molar refractivity (Wildman–Crippen MR) is 51.9 cm³/mol. The quantitative estimate of drug-likeness (QED) is 0.584. The number of methoxy groups -OCH3 is 1. The van der Waals surface area contributed by atoms with Gasteiger partial charge in [-0.15, -0.1) is 0 Å². The summed E-state index contributed by atoms with van der Waals surface area (Å²) in [6.07, 6.45) is 2.58. The highest BCUT2D eigenvalue weighted by Crippen LogP contribution is 2.52. The minimum absolute atomic E-state index is 0.0575. The number of carbonyl (C=O) groups excluding carboxylic acids is 1. The lowest BCUT2D eigenvalue weighted by Crippen LogP contribution is -2.07. The SMILES string of the molecule is COc1c(F)cc(F)cc1C1(N=C=O)CC1. The summed E-state index contributed by atoms with van der Waals surface area (Å²) >= 11 is 0. The molecule has 1 aromatic rings. The van der Waals surface area contributed by atoms with Crippen molar-refractivity contribution in [1.29, 1.82) is 0 Å². The van der Waals surface area contributed by atoms with E-state index in [0.29, 0.717) is 12.8 Å². The van der Waals surface area contributed by atoms with Crippen LogP contribution in [0.3, 0.4) is 0 Å². The molecule has 2 rings (SSSR count). The van der Waals surface area contributed by atoms with E-state index < -0.39 is 17.2 Å². The third kappa shape index (κ3) is 1.59. The van der Waals surface area contributed by atoms with Crippen LogP contribution in [-0.2, 0) is 10.3 Å². The number of nitrogens with zero attached hydrogens (tertiary/aromatic N) is 1. The summed E-state index contributed by atoms with van der Waals surface area (Å²) in [7, 11) is 1.29. The molecule has 5 heteroatoms. The zero-order chi connectivity index (χ0) is 11.8. The molecule has 0 aromatic heterocycles. The molecule has 0 bridgehead atoms. The van der Waals surface area contributed by atoms with Crippen LogP contribution in [-0.4, -0.2) is 13.2 Å². The summed E-state index contributed by atoms with van der Waals surface area (Å²) in [6, 6.07) is 1.89. The van der Waals surface area contributed by atoms with Gasteiger partial charge in [0.2, 0.25) is 6.08 Å². The monoisotopic (exact) mass is 225 g/mol. The Morgan fingerprint density at radius 2 is 2.12 bits per heavy atom. The van der Waals surface area contributed by atoms with E-state index >= 15 is 0 Å². The average molecular weight is 225 g/mol. The van der Waals surface area contributed by atoms with Crippen molar-refractivity contribution in [3.8, 4) is 5.75 Å². The second kappa shape index (κ2) is 3.68. The first-order chi connectivity index (χ1) is 7.63. The van der Waals surface area contributed by atoms with Crippen LogP contribution in [0.4, 0.5) is 8.78 Å². The molecule has 16 heavy (non-hydrogen) atoms. The van der Waals surface area contributed by atoms with E-state index in [1.165, 1.54) is 13.2 Å². The molecule has 0 amide bonds. The summed E-state index contributed by atoms with van der Waals surface area (Å²) in [5, 5.41) is 0. The van der Waals surface area contributed by atoms with Gasteiger partial charge in [0, 0.05) is 11.6 Å². The number of halogens is 2. The molecule has 1 fully saturated rings. The Morgan fingerprint density at radius 1 is 1.44 bits per heavy atom. The Bertz CT molecular complexity index is 477. The Labute approximate surface area is 90.8 Å². The Balaban J connectivity index is 2.59. The molecule has 1 aliphatic carbocycles. The zero-order valence-corrected chi connectivity index (χ0v) is 8.59. The highest BCUT2D eigenvalue weighted by molar-refractivity contribution is 5.48. The lowest BCUT2D eigenvalue weighted by molar-refractivity contribution is 0.373. The van der Waals surface area contributed by atoms with Crippen molar-refractivity contribution in [2.75, 3.05) is 7.11 Å². The number of aliphatic imine (C=N–C) groups is 1. The zero-order valence-electron chi connectivity index (χ0n) is 8.59. The summed E-state index contributed by atoms with van der Waals surface area (Å²) in [5.41, 5.74) is -0.563.